The van der Waals surface area contributed by atoms with Crippen LogP contribution >= 0.6 is 0 Å². The topological polar surface area (TPSA) is 15.3 Å². The van der Waals surface area contributed by atoms with Crippen LogP contribution in [0.5, 0.6) is 0 Å². The second-order valence-corrected chi connectivity index (χ2v) is 5.15. The van der Waals surface area contributed by atoms with Gasteiger partial charge in [0.25, 0.3) is 0 Å². The van der Waals surface area contributed by atoms with Crippen molar-refractivity contribution >= 4 is 0 Å². The maximum absolute atomic E-state index is 3.62. The largest absolute Gasteiger partial charge is 0.313 e. The highest BCUT2D eigenvalue weighted by molar-refractivity contribution is 4.76. The predicted molar refractivity (Wildman–Crippen MR) is 62.6 cm³/mol. The molecule has 1 aliphatic rings. The summed E-state index contributed by atoms with van der Waals surface area (Å²) in [6.07, 6.45) is 5.77. The highest BCUT2D eigenvalue weighted by Gasteiger charge is 2.19. The molecule has 0 aromatic rings. The van der Waals surface area contributed by atoms with Crippen LogP contribution in [0.4, 0.5) is 0 Å². The monoisotopic (exact) mass is 198 g/mol. The summed E-state index contributed by atoms with van der Waals surface area (Å²) in [6.45, 7) is 5.70. The minimum atomic E-state index is 0.638. The maximum Gasteiger partial charge on any atom is 0.0186 e. The zero-order valence-electron chi connectivity index (χ0n) is 10.2. The Labute approximate surface area is 89.1 Å². The van der Waals surface area contributed by atoms with Crippen molar-refractivity contribution < 1.29 is 0 Å². The summed E-state index contributed by atoms with van der Waals surface area (Å²) in [7, 11) is 4.28. The summed E-state index contributed by atoms with van der Waals surface area (Å²) in [5.41, 5.74) is 0. The average molecular weight is 198 g/mol. The number of nitrogens with one attached hydrogen (secondary N) is 1. The fourth-order valence-electron chi connectivity index (χ4n) is 1.87. The lowest BCUT2D eigenvalue weighted by Crippen LogP contribution is -2.40. The average Bonchev–Trinajstić information content (AvgIpc) is 2.07. The van der Waals surface area contributed by atoms with E-state index in [1.54, 1.807) is 0 Å². The Balaban J connectivity index is 2.04. The van der Waals surface area contributed by atoms with E-state index in [1.807, 2.05) is 0 Å². The summed E-state index contributed by atoms with van der Waals surface area (Å²) in [6, 6.07) is 1.33. The Bertz CT molecular complexity index is 152. The highest BCUT2D eigenvalue weighted by Crippen LogP contribution is 2.30. The Kier molecular flexibility index (Phi) is 4.90. The van der Waals surface area contributed by atoms with Gasteiger partial charge in [-0.1, -0.05) is 19.3 Å². The molecule has 1 N–H and O–H groups in total. The summed E-state index contributed by atoms with van der Waals surface area (Å²) < 4.78 is 0. The Morgan fingerprint density at radius 2 is 1.93 bits per heavy atom. The van der Waals surface area contributed by atoms with Gasteiger partial charge in [-0.15, -0.1) is 0 Å². The van der Waals surface area contributed by atoms with Gasteiger partial charge in [0.1, 0.15) is 0 Å². The van der Waals surface area contributed by atoms with Crippen LogP contribution in [0.25, 0.3) is 0 Å². The first kappa shape index (κ1) is 12.0. The van der Waals surface area contributed by atoms with Crippen molar-refractivity contribution in [3.63, 3.8) is 0 Å². The van der Waals surface area contributed by atoms with Crippen LogP contribution in [0.2, 0.25) is 0 Å². The number of nitrogens with zero attached hydrogens (tertiary/aromatic N) is 1. The Morgan fingerprint density at radius 1 is 1.29 bits per heavy atom. The fourth-order valence-corrected chi connectivity index (χ4v) is 1.87. The Hall–Kier alpha value is -0.0800. The molecule has 0 radical (unpaired) electrons. The first-order valence-corrected chi connectivity index (χ1v) is 5.99. The van der Waals surface area contributed by atoms with Gasteiger partial charge in [-0.3, -0.25) is 0 Å². The van der Waals surface area contributed by atoms with Crippen LogP contribution in [-0.2, 0) is 0 Å². The van der Waals surface area contributed by atoms with Crippen molar-refractivity contribution in [3.05, 3.63) is 0 Å². The van der Waals surface area contributed by atoms with E-state index < -0.39 is 0 Å². The van der Waals surface area contributed by atoms with E-state index in [2.05, 4.69) is 38.2 Å². The van der Waals surface area contributed by atoms with Crippen LogP contribution in [0, 0.1) is 5.92 Å². The SMILES string of the molecule is CC(CC1CCC1)NCC(C)N(C)C. The van der Waals surface area contributed by atoms with Gasteiger partial charge in [0.15, 0.2) is 0 Å². The van der Waals surface area contributed by atoms with Crippen LogP contribution in [0.15, 0.2) is 0 Å². The Morgan fingerprint density at radius 3 is 2.36 bits per heavy atom. The molecule has 1 fully saturated rings. The number of hydrogen-bond acceptors (Lipinski definition) is 2. The first-order valence-electron chi connectivity index (χ1n) is 5.99. The molecule has 2 heteroatoms. The lowest BCUT2D eigenvalue weighted by molar-refractivity contribution is 0.248. The number of hydrogen-bond donors (Lipinski definition) is 1. The molecular weight excluding hydrogens is 172 g/mol. The maximum atomic E-state index is 3.62. The first-order chi connectivity index (χ1) is 6.59. The molecule has 0 spiro atoms. The van der Waals surface area contributed by atoms with Crippen LogP contribution in [-0.4, -0.2) is 37.6 Å². The summed E-state index contributed by atoms with van der Waals surface area (Å²) in [5.74, 6) is 1.02. The van der Waals surface area contributed by atoms with Crippen molar-refractivity contribution in [3.8, 4) is 0 Å². The van der Waals surface area contributed by atoms with Crippen LogP contribution < -0.4 is 5.32 Å². The second-order valence-electron chi connectivity index (χ2n) is 5.15. The van der Waals surface area contributed by atoms with E-state index >= 15 is 0 Å². The molecule has 0 heterocycles. The van der Waals surface area contributed by atoms with E-state index in [0.717, 1.165) is 12.5 Å². The number of rotatable bonds is 6. The molecule has 0 bridgehead atoms. The van der Waals surface area contributed by atoms with Crippen molar-refractivity contribution in [2.45, 2.75) is 51.6 Å². The third kappa shape index (κ3) is 3.97. The molecule has 2 nitrogen and oxygen atoms in total. The second kappa shape index (κ2) is 5.72. The van der Waals surface area contributed by atoms with Crippen molar-refractivity contribution in [2.75, 3.05) is 20.6 Å². The zero-order chi connectivity index (χ0) is 10.6. The van der Waals surface area contributed by atoms with Gasteiger partial charge < -0.3 is 10.2 Å². The molecule has 2 unspecified atom stereocenters. The minimum absolute atomic E-state index is 0.638. The van der Waals surface area contributed by atoms with Gasteiger partial charge in [-0.25, -0.2) is 0 Å². The summed E-state index contributed by atoms with van der Waals surface area (Å²) in [4.78, 5) is 2.27. The van der Waals surface area contributed by atoms with Gasteiger partial charge in [0.2, 0.25) is 0 Å². The van der Waals surface area contributed by atoms with Crippen LogP contribution in [0.1, 0.15) is 39.5 Å². The molecule has 1 aliphatic carbocycles. The standard InChI is InChI=1S/C12H26N2/c1-10(8-12-6-5-7-12)13-9-11(2)14(3)4/h10-13H,5-9H2,1-4H3. The lowest BCUT2D eigenvalue weighted by Gasteiger charge is -2.29. The fraction of sp³-hybridized carbons (Fsp3) is 1.00. The van der Waals surface area contributed by atoms with E-state index in [0.29, 0.717) is 12.1 Å². The van der Waals surface area contributed by atoms with E-state index in [1.165, 1.54) is 25.7 Å². The van der Waals surface area contributed by atoms with Gasteiger partial charge in [0.05, 0.1) is 0 Å². The predicted octanol–water partition coefficient (Wildman–Crippen LogP) is 2.10. The highest BCUT2D eigenvalue weighted by atomic mass is 15.1. The third-order valence-electron chi connectivity index (χ3n) is 3.55. The quantitative estimate of drug-likeness (QED) is 0.703. The van der Waals surface area contributed by atoms with Gasteiger partial charge in [0, 0.05) is 18.6 Å². The van der Waals surface area contributed by atoms with Gasteiger partial charge in [-0.05, 0) is 40.3 Å². The van der Waals surface area contributed by atoms with Gasteiger partial charge in [-0.2, -0.15) is 0 Å². The summed E-state index contributed by atoms with van der Waals surface area (Å²) >= 11 is 0. The van der Waals surface area contributed by atoms with E-state index in [-0.39, 0.29) is 0 Å². The third-order valence-corrected chi connectivity index (χ3v) is 3.55. The van der Waals surface area contributed by atoms with Crippen molar-refractivity contribution in [1.29, 1.82) is 0 Å². The molecule has 0 aliphatic heterocycles. The van der Waals surface area contributed by atoms with Crippen LogP contribution in [0.3, 0.4) is 0 Å². The minimum Gasteiger partial charge on any atom is -0.313 e. The molecule has 2 atom stereocenters. The normalized spacial score (nSPS) is 22.1. The summed E-state index contributed by atoms with van der Waals surface area (Å²) in [5, 5.41) is 3.62. The molecule has 1 saturated carbocycles. The smallest absolute Gasteiger partial charge is 0.0186 e. The van der Waals surface area contributed by atoms with Crippen molar-refractivity contribution in [1.82, 2.24) is 10.2 Å². The van der Waals surface area contributed by atoms with Gasteiger partial charge >= 0.3 is 0 Å². The molecule has 84 valence electrons. The molecule has 1 rings (SSSR count). The molecule has 14 heavy (non-hydrogen) atoms. The molecule has 0 amide bonds. The molecular formula is C12H26N2. The number of likely N-dealkylation sites (N-methyl/N-ethyl adjacent to an activating group) is 1. The zero-order valence-corrected chi connectivity index (χ0v) is 10.2. The van der Waals surface area contributed by atoms with E-state index in [9.17, 15) is 0 Å². The molecule has 0 aromatic heterocycles. The van der Waals surface area contributed by atoms with E-state index in [4.69, 9.17) is 0 Å². The van der Waals surface area contributed by atoms with Crippen molar-refractivity contribution in [2.24, 2.45) is 5.92 Å². The molecule has 0 aromatic carbocycles. The lowest BCUT2D eigenvalue weighted by atomic mass is 9.81. The molecule has 0 saturated heterocycles.